The molecular weight excluding hydrogens is 479 g/mol. The Bertz CT molecular complexity index is 1370. The average Bonchev–Trinajstić information content (AvgIpc) is 3.38. The summed E-state index contributed by atoms with van der Waals surface area (Å²) < 4.78 is 14.3. The van der Waals surface area contributed by atoms with Crippen LogP contribution >= 0.6 is 23.2 Å². The normalized spacial score (nSPS) is 11.0. The Labute approximate surface area is 205 Å². The lowest BCUT2D eigenvalue weighted by Crippen LogP contribution is -2.09. The van der Waals surface area contributed by atoms with Gasteiger partial charge in [-0.2, -0.15) is 5.10 Å². The first-order valence-electron chi connectivity index (χ1n) is 10.2. The molecule has 0 saturated heterocycles. The Morgan fingerprint density at radius 1 is 1.24 bits per heavy atom. The molecule has 0 aliphatic heterocycles. The molecule has 4 rings (SSSR count). The van der Waals surface area contributed by atoms with Crippen LogP contribution in [0.4, 0.5) is 5.69 Å². The number of aromatic nitrogens is 5. The van der Waals surface area contributed by atoms with E-state index in [1.165, 1.54) is 20.3 Å². The number of carbonyl (C=O) groups is 1. The number of rotatable bonds is 8. The lowest BCUT2D eigenvalue weighted by molar-refractivity contribution is -0.111. The zero-order valence-corrected chi connectivity index (χ0v) is 20.3. The number of hydrogen-bond acceptors (Lipinski definition) is 6. The number of halogens is 2. The van der Waals surface area contributed by atoms with E-state index in [2.05, 4.69) is 27.0 Å². The first kappa shape index (κ1) is 23.6. The number of anilines is 1. The number of carbonyl (C=O) groups excluding carboxylic acids is 1. The van der Waals surface area contributed by atoms with Crippen molar-refractivity contribution in [2.45, 2.75) is 13.0 Å². The summed E-state index contributed by atoms with van der Waals surface area (Å²) in [4.78, 5) is 20.9. The molecule has 4 aromatic rings. The van der Waals surface area contributed by atoms with Gasteiger partial charge in [-0.25, -0.2) is 9.97 Å². The third-order valence-corrected chi connectivity index (χ3v) is 6.07. The largest absolute Gasteiger partial charge is 0.495 e. The molecule has 0 spiro atoms. The molecular formula is C23H22Cl2N6O3. The van der Waals surface area contributed by atoms with Gasteiger partial charge in [-0.05, 0) is 12.1 Å². The van der Waals surface area contributed by atoms with Crippen molar-refractivity contribution in [1.82, 2.24) is 24.3 Å². The van der Waals surface area contributed by atoms with Crippen molar-refractivity contribution in [3.63, 3.8) is 0 Å². The highest BCUT2D eigenvalue weighted by Gasteiger charge is 2.19. The molecule has 11 heteroatoms. The number of hydrogen-bond donors (Lipinski definition) is 1. The second-order valence-corrected chi connectivity index (χ2v) is 8.18. The fraction of sp³-hybridized carbons (Fsp3) is 0.217. The predicted octanol–water partition coefficient (Wildman–Crippen LogP) is 4.25. The minimum Gasteiger partial charge on any atom is -0.495 e. The Kier molecular flexibility index (Phi) is 6.76. The van der Waals surface area contributed by atoms with Crippen molar-refractivity contribution < 1.29 is 14.3 Å². The van der Waals surface area contributed by atoms with Crippen LogP contribution in [-0.2, 0) is 24.8 Å². The zero-order valence-electron chi connectivity index (χ0n) is 18.8. The molecule has 0 aliphatic rings. The number of fused-ring (bicyclic) bond motifs is 1. The SMILES string of the molecule is C=CC(=O)Nc1cn(C)nc1Cc1ncc2c(ccn2Cc2c(Cl)c(OC)cc(OC)c2Cl)n1. The van der Waals surface area contributed by atoms with Gasteiger partial charge in [0.25, 0.3) is 0 Å². The molecule has 0 atom stereocenters. The molecule has 0 saturated carbocycles. The highest BCUT2D eigenvalue weighted by molar-refractivity contribution is 6.37. The standard InChI is InChI=1S/C23H22Cl2N6O3/c1-5-21(32)28-16-12-30(2)29-15(16)8-20-26-10-17-14(27-20)6-7-31(17)11-13-22(24)18(33-3)9-19(34-4)23(13)25/h5-7,9-10,12H,1,8,11H2,2-4H3,(H,28,32). The molecule has 1 amide bonds. The van der Waals surface area contributed by atoms with Crippen LogP contribution in [0.5, 0.6) is 11.5 Å². The summed E-state index contributed by atoms with van der Waals surface area (Å²) in [6, 6.07) is 3.54. The maximum absolute atomic E-state index is 11.7. The first-order chi connectivity index (χ1) is 16.3. The van der Waals surface area contributed by atoms with Crippen molar-refractivity contribution in [3.8, 4) is 11.5 Å². The van der Waals surface area contributed by atoms with Gasteiger partial charge in [0.15, 0.2) is 0 Å². The fourth-order valence-electron chi connectivity index (χ4n) is 3.58. The smallest absolute Gasteiger partial charge is 0.247 e. The molecule has 3 aromatic heterocycles. The molecule has 3 heterocycles. The van der Waals surface area contributed by atoms with E-state index in [4.69, 9.17) is 32.7 Å². The van der Waals surface area contributed by atoms with Gasteiger partial charge in [0.2, 0.25) is 5.91 Å². The van der Waals surface area contributed by atoms with Gasteiger partial charge in [-0.15, -0.1) is 0 Å². The third-order valence-electron chi connectivity index (χ3n) is 5.24. The first-order valence-corrected chi connectivity index (χ1v) is 11.0. The molecule has 34 heavy (non-hydrogen) atoms. The number of amides is 1. The molecule has 0 aliphatic carbocycles. The minimum atomic E-state index is -0.311. The molecule has 1 aromatic carbocycles. The molecule has 0 bridgehead atoms. The number of nitrogens with zero attached hydrogens (tertiary/aromatic N) is 5. The van der Waals surface area contributed by atoms with Crippen LogP contribution in [0.2, 0.25) is 10.0 Å². The molecule has 0 unspecified atom stereocenters. The van der Waals surface area contributed by atoms with Gasteiger partial charge in [-0.3, -0.25) is 9.48 Å². The van der Waals surface area contributed by atoms with Crippen molar-refractivity contribution in [2.75, 3.05) is 19.5 Å². The minimum absolute atomic E-state index is 0.311. The average molecular weight is 501 g/mol. The van der Waals surface area contributed by atoms with Gasteiger partial charge in [0, 0.05) is 31.1 Å². The van der Waals surface area contributed by atoms with Crippen molar-refractivity contribution >= 4 is 45.8 Å². The van der Waals surface area contributed by atoms with Crippen LogP contribution in [0.1, 0.15) is 17.1 Å². The van der Waals surface area contributed by atoms with E-state index in [-0.39, 0.29) is 5.91 Å². The van der Waals surface area contributed by atoms with E-state index >= 15 is 0 Å². The molecule has 176 valence electrons. The second kappa shape index (κ2) is 9.74. The number of nitrogens with one attached hydrogen (secondary N) is 1. The summed E-state index contributed by atoms with van der Waals surface area (Å²) in [7, 11) is 4.85. The zero-order chi connectivity index (χ0) is 24.4. The monoisotopic (exact) mass is 500 g/mol. The summed E-state index contributed by atoms with van der Waals surface area (Å²) in [6.45, 7) is 3.85. The Morgan fingerprint density at radius 3 is 2.59 bits per heavy atom. The van der Waals surface area contributed by atoms with Crippen LogP contribution in [0.25, 0.3) is 11.0 Å². The van der Waals surface area contributed by atoms with Crippen molar-refractivity contribution in [1.29, 1.82) is 0 Å². The number of benzene rings is 1. The number of aryl methyl sites for hydroxylation is 1. The Hall–Kier alpha value is -3.56. The summed E-state index contributed by atoms with van der Waals surface area (Å²) in [5, 5.41) is 8.00. The van der Waals surface area contributed by atoms with Gasteiger partial charge < -0.3 is 19.4 Å². The Balaban J connectivity index is 1.64. The van der Waals surface area contributed by atoms with E-state index in [0.29, 0.717) is 57.3 Å². The Morgan fingerprint density at radius 2 is 1.94 bits per heavy atom. The van der Waals surface area contributed by atoms with Gasteiger partial charge in [-0.1, -0.05) is 29.8 Å². The molecule has 0 radical (unpaired) electrons. The topological polar surface area (TPSA) is 96.1 Å². The van der Waals surface area contributed by atoms with E-state index in [1.54, 1.807) is 30.2 Å². The summed E-state index contributed by atoms with van der Waals surface area (Å²) in [5.41, 5.74) is 3.46. The highest BCUT2D eigenvalue weighted by atomic mass is 35.5. The predicted molar refractivity (Wildman–Crippen MR) is 131 cm³/mol. The summed E-state index contributed by atoms with van der Waals surface area (Å²) >= 11 is 13.1. The second-order valence-electron chi connectivity index (χ2n) is 7.42. The summed E-state index contributed by atoms with van der Waals surface area (Å²) in [6.07, 6.45) is 6.90. The quantitative estimate of drug-likeness (QED) is 0.363. The lowest BCUT2D eigenvalue weighted by Gasteiger charge is -2.15. The van der Waals surface area contributed by atoms with Crippen molar-refractivity contribution in [2.24, 2.45) is 7.05 Å². The van der Waals surface area contributed by atoms with E-state index < -0.39 is 0 Å². The van der Waals surface area contributed by atoms with Crippen LogP contribution in [-0.4, -0.2) is 44.4 Å². The van der Waals surface area contributed by atoms with Crippen LogP contribution in [0.3, 0.4) is 0 Å². The third kappa shape index (κ3) is 4.57. The van der Waals surface area contributed by atoms with Crippen LogP contribution in [0, 0.1) is 0 Å². The van der Waals surface area contributed by atoms with Gasteiger partial charge in [0.1, 0.15) is 17.3 Å². The van der Waals surface area contributed by atoms with Crippen LogP contribution in [0.15, 0.2) is 43.4 Å². The number of ether oxygens (including phenoxy) is 2. The number of methoxy groups -OCH3 is 2. The fourth-order valence-corrected chi connectivity index (χ4v) is 4.20. The molecule has 1 N–H and O–H groups in total. The summed E-state index contributed by atoms with van der Waals surface area (Å²) in [5.74, 6) is 1.21. The molecule has 0 fully saturated rings. The van der Waals surface area contributed by atoms with Gasteiger partial charge >= 0.3 is 0 Å². The lowest BCUT2D eigenvalue weighted by atomic mass is 10.2. The van der Waals surface area contributed by atoms with Gasteiger partial charge in [0.05, 0.1) is 65.8 Å². The maximum Gasteiger partial charge on any atom is 0.247 e. The van der Waals surface area contributed by atoms with E-state index in [0.717, 1.165) is 11.0 Å². The highest BCUT2D eigenvalue weighted by Crippen LogP contribution is 2.41. The van der Waals surface area contributed by atoms with E-state index in [1.807, 2.05) is 16.8 Å². The van der Waals surface area contributed by atoms with Crippen molar-refractivity contribution in [3.05, 3.63) is 70.5 Å². The van der Waals surface area contributed by atoms with E-state index in [9.17, 15) is 4.79 Å². The molecule has 9 nitrogen and oxygen atoms in total. The van der Waals surface area contributed by atoms with Crippen LogP contribution < -0.4 is 14.8 Å². The maximum atomic E-state index is 11.7.